The van der Waals surface area contributed by atoms with Crippen LogP contribution in [0.15, 0.2) is 54.7 Å². The summed E-state index contributed by atoms with van der Waals surface area (Å²) in [5.74, 6) is -1.91. The Hall–Kier alpha value is -3.68. The van der Waals surface area contributed by atoms with Gasteiger partial charge in [0.05, 0.1) is 32.0 Å². The number of hydrogen-bond donors (Lipinski definition) is 3. The second kappa shape index (κ2) is 16.2. The molecule has 0 spiro atoms. The number of amides is 3. The number of phosphoric ester groups is 1. The molecule has 0 unspecified atom stereocenters. The summed E-state index contributed by atoms with van der Waals surface area (Å²) in [6.07, 6.45) is -0.777. The molecule has 234 valence electrons. The lowest BCUT2D eigenvalue weighted by Crippen LogP contribution is -2.47. The fraction of sp³-hybridized carbons (Fsp3) is 0.393. The van der Waals surface area contributed by atoms with Crippen LogP contribution in [0.4, 0.5) is 24.2 Å². The van der Waals surface area contributed by atoms with Crippen LogP contribution in [0.5, 0.6) is 0 Å². The standard InChI is InChI=1S/C28H35F2N4O8P/c1-4-40-43(38,41-5-2)42-18-23(35)14-22(34(3)27(36)32-16-21-11-8-12-24(29)26(21)30)17-39-28(37)33-25-13-19-9-6-7-10-20(19)15-31-25/h6-13,15,22-23,35H,4-5,14,16-18H2,1-3H3,(H,32,36)(H,31,33,37)/t22-,23-/m0/s1. The zero-order chi connectivity index (χ0) is 31.4. The van der Waals surface area contributed by atoms with E-state index in [1.165, 1.54) is 19.2 Å². The van der Waals surface area contributed by atoms with E-state index >= 15 is 0 Å². The molecule has 15 heteroatoms. The third kappa shape index (κ3) is 10.2. The van der Waals surface area contributed by atoms with Crippen molar-refractivity contribution in [1.82, 2.24) is 15.2 Å². The van der Waals surface area contributed by atoms with E-state index in [0.29, 0.717) is 0 Å². The summed E-state index contributed by atoms with van der Waals surface area (Å²) < 4.78 is 60.9. The van der Waals surface area contributed by atoms with Gasteiger partial charge in [0, 0.05) is 30.7 Å². The molecule has 0 saturated carbocycles. The van der Waals surface area contributed by atoms with E-state index in [4.69, 9.17) is 18.3 Å². The zero-order valence-corrected chi connectivity index (χ0v) is 24.9. The van der Waals surface area contributed by atoms with Crippen LogP contribution in [0.25, 0.3) is 10.8 Å². The molecule has 1 heterocycles. The molecule has 0 aliphatic rings. The first-order valence-corrected chi connectivity index (χ1v) is 14.9. The molecule has 2 aromatic carbocycles. The predicted molar refractivity (Wildman–Crippen MR) is 154 cm³/mol. The third-order valence-corrected chi connectivity index (χ3v) is 7.76. The topological polar surface area (TPSA) is 149 Å². The first-order valence-electron chi connectivity index (χ1n) is 13.5. The first-order chi connectivity index (χ1) is 20.5. The number of hydrogen-bond acceptors (Lipinski definition) is 9. The zero-order valence-electron chi connectivity index (χ0n) is 24.0. The number of halogens is 2. The molecule has 0 aliphatic carbocycles. The summed E-state index contributed by atoms with van der Waals surface area (Å²) in [4.78, 5) is 30.8. The minimum absolute atomic E-state index is 0.0415. The predicted octanol–water partition coefficient (Wildman–Crippen LogP) is 5.22. The average Bonchev–Trinajstić information content (AvgIpc) is 2.98. The highest BCUT2D eigenvalue weighted by atomic mass is 31.2. The van der Waals surface area contributed by atoms with Crippen LogP contribution in [-0.4, -0.2) is 72.7 Å². The van der Waals surface area contributed by atoms with Crippen molar-refractivity contribution in [3.63, 3.8) is 0 Å². The smallest absolute Gasteiger partial charge is 0.447 e. The van der Waals surface area contributed by atoms with E-state index in [0.717, 1.165) is 21.7 Å². The van der Waals surface area contributed by atoms with Crippen LogP contribution in [0.2, 0.25) is 0 Å². The number of anilines is 1. The van der Waals surface area contributed by atoms with Crippen molar-refractivity contribution in [2.45, 2.75) is 39.0 Å². The number of fused-ring (bicyclic) bond motifs is 1. The highest BCUT2D eigenvalue weighted by Crippen LogP contribution is 2.49. The van der Waals surface area contributed by atoms with E-state index < -0.39 is 50.3 Å². The highest BCUT2D eigenvalue weighted by Gasteiger charge is 2.30. The summed E-state index contributed by atoms with van der Waals surface area (Å²) in [6.45, 7) is 2.08. The number of carbonyl (C=O) groups is 2. The maximum atomic E-state index is 14.0. The summed E-state index contributed by atoms with van der Waals surface area (Å²) in [5.41, 5.74) is -0.0761. The van der Waals surface area contributed by atoms with E-state index in [2.05, 4.69) is 15.6 Å². The van der Waals surface area contributed by atoms with Crippen molar-refractivity contribution in [2.75, 3.05) is 38.8 Å². The number of ether oxygens (including phenoxy) is 1. The van der Waals surface area contributed by atoms with Gasteiger partial charge in [0.25, 0.3) is 0 Å². The van der Waals surface area contributed by atoms with Crippen molar-refractivity contribution in [3.8, 4) is 0 Å². The van der Waals surface area contributed by atoms with E-state index in [1.54, 1.807) is 26.1 Å². The lowest BCUT2D eigenvalue weighted by Gasteiger charge is -2.30. The first kappa shape index (κ1) is 33.8. The number of aliphatic hydroxyl groups is 1. The van der Waals surface area contributed by atoms with Crippen LogP contribution in [-0.2, 0) is 29.4 Å². The van der Waals surface area contributed by atoms with Gasteiger partial charge in [0.15, 0.2) is 11.6 Å². The Balaban J connectivity index is 1.66. The lowest BCUT2D eigenvalue weighted by molar-refractivity contribution is 0.0353. The molecule has 0 aliphatic heterocycles. The monoisotopic (exact) mass is 624 g/mol. The number of nitrogens with zero attached hydrogens (tertiary/aromatic N) is 2. The summed E-state index contributed by atoms with van der Waals surface area (Å²) in [5, 5.41) is 17.4. The molecule has 43 heavy (non-hydrogen) atoms. The van der Waals surface area contributed by atoms with E-state index in [1.807, 2.05) is 24.3 Å². The second-order valence-electron chi connectivity index (χ2n) is 9.24. The molecule has 3 rings (SSSR count). The number of pyridine rings is 1. The molecular weight excluding hydrogens is 589 g/mol. The van der Waals surface area contributed by atoms with Gasteiger partial charge >= 0.3 is 19.9 Å². The molecule has 3 aromatic rings. The molecule has 0 saturated heterocycles. The minimum Gasteiger partial charge on any atom is -0.447 e. The maximum Gasteiger partial charge on any atom is 0.474 e. The molecule has 0 bridgehead atoms. The van der Waals surface area contributed by atoms with Crippen molar-refractivity contribution in [2.24, 2.45) is 0 Å². The quantitative estimate of drug-likeness (QED) is 0.194. The molecule has 1 aromatic heterocycles. The Morgan fingerprint density at radius 2 is 1.72 bits per heavy atom. The highest BCUT2D eigenvalue weighted by molar-refractivity contribution is 7.48. The Morgan fingerprint density at radius 1 is 1.02 bits per heavy atom. The second-order valence-corrected chi connectivity index (χ2v) is 10.9. The van der Waals surface area contributed by atoms with E-state index in [9.17, 15) is 28.0 Å². The number of phosphoric acid groups is 1. The molecule has 0 fully saturated rings. The van der Waals surface area contributed by atoms with Crippen LogP contribution >= 0.6 is 7.82 Å². The van der Waals surface area contributed by atoms with Crippen LogP contribution < -0.4 is 10.6 Å². The fourth-order valence-corrected chi connectivity index (χ4v) is 5.15. The summed E-state index contributed by atoms with van der Waals surface area (Å²) in [6, 6.07) is 11.0. The third-order valence-electron chi connectivity index (χ3n) is 6.14. The SMILES string of the molecule is CCOP(=O)(OCC)OC[C@@H](O)C[C@@H](COC(=O)Nc1cc2ccccc2cn1)N(C)C(=O)NCc1cccc(F)c1F. The summed E-state index contributed by atoms with van der Waals surface area (Å²) >= 11 is 0. The fourth-order valence-electron chi connectivity index (χ4n) is 3.94. The van der Waals surface area contributed by atoms with E-state index in [-0.39, 0.29) is 44.2 Å². The molecule has 12 nitrogen and oxygen atoms in total. The summed E-state index contributed by atoms with van der Waals surface area (Å²) in [7, 11) is -2.55. The Labute approximate surface area is 247 Å². The number of nitrogens with one attached hydrogen (secondary N) is 2. The van der Waals surface area contributed by atoms with Crippen molar-refractivity contribution in [1.29, 1.82) is 0 Å². The molecular formula is C28H35F2N4O8P. The van der Waals surface area contributed by atoms with Gasteiger partial charge in [-0.25, -0.2) is 27.9 Å². The van der Waals surface area contributed by atoms with Gasteiger partial charge in [-0.2, -0.15) is 0 Å². The van der Waals surface area contributed by atoms with Crippen molar-refractivity contribution in [3.05, 3.63) is 71.9 Å². The van der Waals surface area contributed by atoms with Crippen LogP contribution in [0.1, 0.15) is 25.8 Å². The number of urea groups is 1. The van der Waals surface area contributed by atoms with Crippen LogP contribution in [0.3, 0.4) is 0 Å². The number of likely N-dealkylation sites (N-methyl/N-ethyl adjacent to an activating group) is 1. The Kier molecular flexibility index (Phi) is 12.8. The van der Waals surface area contributed by atoms with Gasteiger partial charge in [-0.1, -0.05) is 36.4 Å². The number of rotatable bonds is 15. The average molecular weight is 625 g/mol. The molecule has 0 radical (unpaired) electrons. The van der Waals surface area contributed by atoms with Gasteiger partial charge in [-0.15, -0.1) is 0 Å². The van der Waals surface area contributed by atoms with Gasteiger partial charge < -0.3 is 20.1 Å². The van der Waals surface area contributed by atoms with Gasteiger partial charge in [0.2, 0.25) is 0 Å². The van der Waals surface area contributed by atoms with Crippen molar-refractivity contribution >= 4 is 36.5 Å². The van der Waals surface area contributed by atoms with Gasteiger partial charge in [-0.3, -0.25) is 18.9 Å². The number of carbonyl (C=O) groups excluding carboxylic acids is 2. The van der Waals surface area contributed by atoms with Gasteiger partial charge in [-0.05, 0) is 37.8 Å². The van der Waals surface area contributed by atoms with Gasteiger partial charge in [0.1, 0.15) is 12.4 Å². The molecule has 3 N–H and O–H groups in total. The normalized spacial score (nSPS) is 12.9. The largest absolute Gasteiger partial charge is 0.474 e. The van der Waals surface area contributed by atoms with Crippen molar-refractivity contribution < 1.29 is 46.3 Å². The number of aliphatic hydroxyl groups excluding tert-OH is 1. The molecule has 3 amide bonds. The molecule has 2 atom stereocenters. The van der Waals surface area contributed by atoms with Crippen LogP contribution in [0, 0.1) is 11.6 Å². The number of aromatic nitrogens is 1. The minimum atomic E-state index is -3.92. The maximum absolute atomic E-state index is 14.0. The number of benzene rings is 2. The Bertz CT molecular complexity index is 1420. The Morgan fingerprint density at radius 3 is 2.42 bits per heavy atom. The lowest BCUT2D eigenvalue weighted by atomic mass is 10.1.